The molecule has 1 saturated heterocycles. The monoisotopic (exact) mass is 330 g/mol. The number of nitrogens with zero attached hydrogens (tertiary/aromatic N) is 4. The molecule has 1 aromatic carbocycles. The number of hydrogen-bond acceptors (Lipinski definition) is 4. The second-order valence-corrected chi connectivity index (χ2v) is 6.92. The average Bonchev–Trinajstić information content (AvgIpc) is 3.04. The van der Waals surface area contributed by atoms with Crippen LogP contribution in [-0.2, 0) is 4.79 Å². The molecule has 122 valence electrons. The van der Waals surface area contributed by atoms with Crippen LogP contribution >= 0.6 is 11.8 Å². The Morgan fingerprint density at radius 2 is 1.96 bits per heavy atom. The first-order chi connectivity index (χ1) is 11.1. The minimum absolute atomic E-state index is 0.198. The zero-order valence-corrected chi connectivity index (χ0v) is 14.5. The molecule has 6 heteroatoms. The highest BCUT2D eigenvalue weighted by atomic mass is 32.2. The van der Waals surface area contributed by atoms with E-state index in [1.54, 1.807) is 6.33 Å². The smallest absolute Gasteiger partial charge is 0.233 e. The van der Waals surface area contributed by atoms with Gasteiger partial charge in [0, 0.05) is 18.8 Å². The number of aryl methyl sites for hydroxylation is 2. The van der Waals surface area contributed by atoms with Gasteiger partial charge in [-0.1, -0.05) is 17.8 Å². The summed E-state index contributed by atoms with van der Waals surface area (Å²) >= 11 is 1.46. The molecular weight excluding hydrogens is 308 g/mol. The van der Waals surface area contributed by atoms with E-state index in [2.05, 4.69) is 42.2 Å². The highest BCUT2D eigenvalue weighted by Gasteiger charge is 2.18. The maximum absolute atomic E-state index is 12.3. The zero-order chi connectivity index (χ0) is 16.2. The molecule has 0 saturated carbocycles. The molecule has 1 aliphatic heterocycles. The van der Waals surface area contributed by atoms with E-state index >= 15 is 0 Å². The van der Waals surface area contributed by atoms with Crippen molar-refractivity contribution in [3.8, 4) is 5.69 Å². The molecule has 2 aromatic rings. The lowest BCUT2D eigenvalue weighted by molar-refractivity contribution is -0.129. The van der Waals surface area contributed by atoms with Gasteiger partial charge >= 0.3 is 0 Å². The van der Waals surface area contributed by atoms with Gasteiger partial charge in [-0.25, -0.2) is 0 Å². The molecular formula is C17H22N4OS. The van der Waals surface area contributed by atoms with E-state index < -0.39 is 0 Å². The molecule has 1 amide bonds. The second kappa shape index (κ2) is 7.17. The van der Waals surface area contributed by atoms with Crippen LogP contribution in [0.2, 0.25) is 0 Å². The van der Waals surface area contributed by atoms with Crippen LogP contribution in [0.25, 0.3) is 5.69 Å². The van der Waals surface area contributed by atoms with Gasteiger partial charge in [-0.15, -0.1) is 10.2 Å². The Kier molecular flexibility index (Phi) is 5.00. The quantitative estimate of drug-likeness (QED) is 0.809. The number of hydrogen-bond donors (Lipinski definition) is 0. The Balaban J connectivity index is 1.68. The number of amides is 1. The molecule has 23 heavy (non-hydrogen) atoms. The summed E-state index contributed by atoms with van der Waals surface area (Å²) in [5, 5.41) is 8.94. The highest BCUT2D eigenvalue weighted by molar-refractivity contribution is 7.99. The minimum Gasteiger partial charge on any atom is -0.342 e. The summed E-state index contributed by atoms with van der Waals surface area (Å²) in [5.41, 5.74) is 3.53. The van der Waals surface area contributed by atoms with Crippen LogP contribution in [0.1, 0.15) is 30.4 Å². The average molecular weight is 330 g/mol. The molecule has 2 heterocycles. The van der Waals surface area contributed by atoms with Crippen LogP contribution < -0.4 is 0 Å². The van der Waals surface area contributed by atoms with E-state index in [1.807, 2.05) is 9.47 Å². The first kappa shape index (κ1) is 16.1. The molecule has 0 radical (unpaired) electrons. The molecule has 0 aliphatic carbocycles. The molecule has 0 N–H and O–H groups in total. The fourth-order valence-corrected chi connectivity index (χ4v) is 3.57. The SMILES string of the molecule is Cc1ccc(-n2cnnc2SCC(=O)N2CCCCC2)cc1C. The van der Waals surface area contributed by atoms with Crippen molar-refractivity contribution >= 4 is 17.7 Å². The third kappa shape index (κ3) is 3.75. The molecule has 0 bridgehead atoms. The van der Waals surface area contributed by atoms with Crippen molar-refractivity contribution in [2.24, 2.45) is 0 Å². The van der Waals surface area contributed by atoms with E-state index in [0.717, 1.165) is 36.8 Å². The summed E-state index contributed by atoms with van der Waals surface area (Å²) in [4.78, 5) is 14.3. The standard InChI is InChI=1S/C17H22N4OS/c1-13-6-7-15(10-14(13)2)21-12-18-19-17(21)23-11-16(22)20-8-4-3-5-9-20/h6-7,10,12H,3-5,8-9,11H2,1-2H3. The van der Waals surface area contributed by atoms with Crippen LogP contribution in [0.15, 0.2) is 29.7 Å². The van der Waals surface area contributed by atoms with Crippen molar-refractivity contribution in [2.45, 2.75) is 38.3 Å². The molecule has 3 rings (SSSR count). The Labute approximate surface area is 141 Å². The van der Waals surface area contributed by atoms with Gasteiger partial charge in [-0.3, -0.25) is 9.36 Å². The number of likely N-dealkylation sites (tertiary alicyclic amines) is 1. The molecule has 0 spiro atoms. The van der Waals surface area contributed by atoms with Gasteiger partial charge in [0.2, 0.25) is 5.91 Å². The van der Waals surface area contributed by atoms with Gasteiger partial charge in [0.15, 0.2) is 5.16 Å². The van der Waals surface area contributed by atoms with Gasteiger partial charge in [0.1, 0.15) is 6.33 Å². The fraction of sp³-hybridized carbons (Fsp3) is 0.471. The predicted octanol–water partition coefficient (Wildman–Crippen LogP) is 2.99. The minimum atomic E-state index is 0.198. The summed E-state index contributed by atoms with van der Waals surface area (Å²) in [7, 11) is 0. The maximum atomic E-state index is 12.3. The van der Waals surface area contributed by atoms with Crippen LogP contribution in [0.4, 0.5) is 0 Å². The summed E-state index contributed by atoms with van der Waals surface area (Å²) < 4.78 is 1.95. The Morgan fingerprint density at radius 1 is 1.17 bits per heavy atom. The van der Waals surface area contributed by atoms with Gasteiger partial charge < -0.3 is 4.90 Å². The number of benzene rings is 1. The number of thioether (sulfide) groups is 1. The number of carbonyl (C=O) groups is 1. The van der Waals surface area contributed by atoms with E-state index in [-0.39, 0.29) is 5.91 Å². The Bertz CT molecular complexity index is 692. The maximum Gasteiger partial charge on any atom is 0.233 e. The first-order valence-corrected chi connectivity index (χ1v) is 9.02. The van der Waals surface area contributed by atoms with E-state index in [4.69, 9.17) is 0 Å². The van der Waals surface area contributed by atoms with Crippen LogP contribution in [0.5, 0.6) is 0 Å². The van der Waals surface area contributed by atoms with Crippen molar-refractivity contribution < 1.29 is 4.79 Å². The molecule has 1 aromatic heterocycles. The van der Waals surface area contributed by atoms with Crippen molar-refractivity contribution in [3.05, 3.63) is 35.7 Å². The number of rotatable bonds is 4. The third-order valence-electron chi connectivity index (χ3n) is 4.32. The van der Waals surface area contributed by atoms with Gasteiger partial charge in [0.05, 0.1) is 5.75 Å². The van der Waals surface area contributed by atoms with Crippen molar-refractivity contribution in [3.63, 3.8) is 0 Å². The van der Waals surface area contributed by atoms with E-state index in [9.17, 15) is 4.79 Å². The predicted molar refractivity (Wildman–Crippen MR) is 92.0 cm³/mol. The lowest BCUT2D eigenvalue weighted by atomic mass is 10.1. The van der Waals surface area contributed by atoms with Crippen LogP contribution in [-0.4, -0.2) is 44.4 Å². The second-order valence-electron chi connectivity index (χ2n) is 5.98. The molecule has 0 atom stereocenters. The zero-order valence-electron chi connectivity index (χ0n) is 13.7. The molecule has 1 fully saturated rings. The van der Waals surface area contributed by atoms with Crippen molar-refractivity contribution in [1.29, 1.82) is 0 Å². The fourth-order valence-electron chi connectivity index (χ4n) is 2.74. The van der Waals surface area contributed by atoms with Crippen molar-refractivity contribution in [1.82, 2.24) is 19.7 Å². The lowest BCUT2D eigenvalue weighted by Gasteiger charge is -2.26. The summed E-state index contributed by atoms with van der Waals surface area (Å²) in [5.74, 6) is 0.619. The Morgan fingerprint density at radius 3 is 2.70 bits per heavy atom. The summed E-state index contributed by atoms with van der Waals surface area (Å²) in [6.45, 7) is 5.97. The van der Waals surface area contributed by atoms with Crippen LogP contribution in [0, 0.1) is 13.8 Å². The summed E-state index contributed by atoms with van der Waals surface area (Å²) in [6, 6.07) is 6.27. The topological polar surface area (TPSA) is 51.0 Å². The molecule has 5 nitrogen and oxygen atoms in total. The molecule has 0 unspecified atom stereocenters. The Hall–Kier alpha value is -1.82. The normalized spacial score (nSPS) is 15.0. The molecule has 1 aliphatic rings. The number of carbonyl (C=O) groups excluding carboxylic acids is 1. The number of aromatic nitrogens is 3. The van der Waals surface area contributed by atoms with Crippen LogP contribution in [0.3, 0.4) is 0 Å². The number of piperidine rings is 1. The van der Waals surface area contributed by atoms with E-state index in [0.29, 0.717) is 5.75 Å². The largest absolute Gasteiger partial charge is 0.342 e. The first-order valence-electron chi connectivity index (χ1n) is 8.03. The van der Waals surface area contributed by atoms with Gasteiger partial charge in [-0.05, 0) is 56.4 Å². The third-order valence-corrected chi connectivity index (χ3v) is 5.25. The van der Waals surface area contributed by atoms with Gasteiger partial charge in [0.25, 0.3) is 0 Å². The van der Waals surface area contributed by atoms with E-state index in [1.165, 1.54) is 29.3 Å². The van der Waals surface area contributed by atoms with Gasteiger partial charge in [-0.2, -0.15) is 0 Å². The highest BCUT2D eigenvalue weighted by Crippen LogP contribution is 2.22. The van der Waals surface area contributed by atoms with Crippen molar-refractivity contribution in [2.75, 3.05) is 18.8 Å². The summed E-state index contributed by atoms with van der Waals surface area (Å²) in [6.07, 6.45) is 5.18. The lowest BCUT2D eigenvalue weighted by Crippen LogP contribution is -2.36.